The van der Waals surface area contributed by atoms with Crippen molar-refractivity contribution in [3.8, 4) is 0 Å². The summed E-state index contributed by atoms with van der Waals surface area (Å²) in [5.74, 6) is 0.197. The van der Waals surface area contributed by atoms with E-state index in [-0.39, 0.29) is 11.5 Å². The van der Waals surface area contributed by atoms with Gasteiger partial charge in [-0.1, -0.05) is 48.8 Å². The van der Waals surface area contributed by atoms with Crippen molar-refractivity contribution in [2.75, 3.05) is 5.32 Å². The summed E-state index contributed by atoms with van der Waals surface area (Å²) >= 11 is 1.45. The second kappa shape index (κ2) is 8.06. The van der Waals surface area contributed by atoms with Gasteiger partial charge in [-0.3, -0.25) is 19.5 Å². The molecule has 1 N–H and O–H groups in total. The van der Waals surface area contributed by atoms with Gasteiger partial charge in [0.2, 0.25) is 11.0 Å². The zero-order valence-electron chi connectivity index (χ0n) is 17.1. The molecule has 4 rings (SSSR count). The number of carbonyl (C=O) groups is 1. The maximum atomic E-state index is 13.0. The predicted molar refractivity (Wildman–Crippen MR) is 117 cm³/mol. The lowest BCUT2D eigenvalue weighted by Gasteiger charge is -2.19. The van der Waals surface area contributed by atoms with Gasteiger partial charge in [0, 0.05) is 17.4 Å². The van der Waals surface area contributed by atoms with Crippen LogP contribution in [0.15, 0.2) is 29.1 Å². The molecular weight excluding hydrogens is 384 g/mol. The van der Waals surface area contributed by atoms with Gasteiger partial charge in [-0.15, -0.1) is 10.2 Å². The van der Waals surface area contributed by atoms with Crippen LogP contribution in [0.3, 0.4) is 0 Å². The summed E-state index contributed by atoms with van der Waals surface area (Å²) < 4.78 is 1.58. The molecular formula is C22H26N4O2S. The third-order valence-corrected chi connectivity index (χ3v) is 6.87. The van der Waals surface area contributed by atoms with Gasteiger partial charge < -0.3 is 0 Å². The molecule has 0 spiro atoms. The molecule has 1 aliphatic carbocycles. The zero-order chi connectivity index (χ0) is 20.5. The molecule has 0 saturated heterocycles. The van der Waals surface area contributed by atoms with E-state index in [9.17, 15) is 9.59 Å². The lowest BCUT2D eigenvalue weighted by molar-refractivity contribution is -0.118. The molecule has 0 radical (unpaired) electrons. The summed E-state index contributed by atoms with van der Waals surface area (Å²) in [4.78, 5) is 25.7. The first-order valence-electron chi connectivity index (χ1n) is 10.2. The molecule has 7 heteroatoms. The summed E-state index contributed by atoms with van der Waals surface area (Å²) in [6.45, 7) is 5.64. The smallest absolute Gasteiger partial charge is 0.252 e. The van der Waals surface area contributed by atoms with E-state index in [1.165, 1.54) is 30.6 Å². The molecule has 152 valence electrons. The molecule has 1 aromatic carbocycles. The van der Waals surface area contributed by atoms with Crippen molar-refractivity contribution in [1.82, 2.24) is 14.8 Å². The van der Waals surface area contributed by atoms with Crippen molar-refractivity contribution >= 4 is 33.3 Å². The van der Waals surface area contributed by atoms with E-state index in [1.807, 2.05) is 32.0 Å². The number of aryl methyl sites for hydroxylation is 2. The number of hydrogen-bond donors (Lipinski definition) is 1. The van der Waals surface area contributed by atoms with Crippen LogP contribution in [0, 0.1) is 13.8 Å². The summed E-state index contributed by atoms with van der Waals surface area (Å²) in [5, 5.41) is 13.8. The quantitative estimate of drug-likeness (QED) is 0.675. The molecule has 3 aromatic rings. The maximum Gasteiger partial charge on any atom is 0.252 e. The molecule has 1 fully saturated rings. The van der Waals surface area contributed by atoms with Crippen LogP contribution >= 0.6 is 11.3 Å². The molecule has 1 atom stereocenters. The van der Waals surface area contributed by atoms with Gasteiger partial charge in [-0.2, -0.15) is 0 Å². The third-order valence-electron chi connectivity index (χ3n) is 5.87. The lowest BCUT2D eigenvalue weighted by Crippen LogP contribution is -2.32. The van der Waals surface area contributed by atoms with Gasteiger partial charge in [0.25, 0.3) is 5.56 Å². The molecule has 0 aliphatic heterocycles. The van der Waals surface area contributed by atoms with E-state index in [1.54, 1.807) is 17.6 Å². The Morgan fingerprint density at radius 3 is 2.69 bits per heavy atom. The SMILES string of the molecule is Cc1cc(=O)n(C(C)C(=O)Nc2nnc(C3CCCCC3)s2)c2c(C)cccc12. The Labute approximate surface area is 174 Å². The number of amides is 1. The Morgan fingerprint density at radius 1 is 1.17 bits per heavy atom. The highest BCUT2D eigenvalue weighted by Gasteiger charge is 2.23. The second-order valence-corrected chi connectivity index (χ2v) is 8.96. The van der Waals surface area contributed by atoms with Gasteiger partial charge in [-0.05, 0) is 44.7 Å². The van der Waals surface area contributed by atoms with E-state index >= 15 is 0 Å². The fraction of sp³-hybridized carbons (Fsp3) is 0.455. The number of carbonyl (C=O) groups excluding carboxylic acids is 1. The van der Waals surface area contributed by atoms with Crippen LogP contribution in [-0.4, -0.2) is 20.7 Å². The van der Waals surface area contributed by atoms with Crippen molar-refractivity contribution in [1.29, 1.82) is 0 Å². The van der Waals surface area contributed by atoms with Gasteiger partial charge in [0.05, 0.1) is 5.52 Å². The maximum absolute atomic E-state index is 13.0. The zero-order valence-corrected chi connectivity index (χ0v) is 17.9. The predicted octanol–water partition coefficient (Wildman–Crippen LogP) is 4.72. The molecule has 1 unspecified atom stereocenters. The minimum atomic E-state index is -0.659. The molecule has 0 bridgehead atoms. The summed E-state index contributed by atoms with van der Waals surface area (Å²) in [6, 6.07) is 6.85. The van der Waals surface area contributed by atoms with E-state index < -0.39 is 6.04 Å². The first-order valence-corrected chi connectivity index (χ1v) is 11.0. The number of fused-ring (bicyclic) bond motifs is 1. The summed E-state index contributed by atoms with van der Waals surface area (Å²) in [6.07, 6.45) is 6.03. The molecule has 2 aromatic heterocycles. The normalized spacial score (nSPS) is 16.1. The van der Waals surface area contributed by atoms with Crippen molar-refractivity contribution < 1.29 is 4.79 Å². The van der Waals surface area contributed by atoms with Gasteiger partial charge in [0.1, 0.15) is 11.0 Å². The number of pyridine rings is 1. The molecule has 29 heavy (non-hydrogen) atoms. The second-order valence-electron chi connectivity index (χ2n) is 7.95. The fourth-order valence-electron chi connectivity index (χ4n) is 4.25. The van der Waals surface area contributed by atoms with E-state index in [0.717, 1.165) is 39.9 Å². The highest BCUT2D eigenvalue weighted by atomic mass is 32.1. The van der Waals surface area contributed by atoms with Crippen LogP contribution in [0.4, 0.5) is 5.13 Å². The standard InChI is InChI=1S/C22H26N4O2S/c1-13-8-7-11-17-14(2)12-18(27)26(19(13)17)15(3)20(28)23-22-25-24-21(29-22)16-9-5-4-6-10-16/h7-8,11-12,15-16H,4-6,9-10H2,1-3H3,(H,23,25,28). The summed E-state index contributed by atoms with van der Waals surface area (Å²) in [5.41, 5.74) is 2.52. The highest BCUT2D eigenvalue weighted by molar-refractivity contribution is 7.15. The Morgan fingerprint density at radius 2 is 1.93 bits per heavy atom. The number of rotatable bonds is 4. The van der Waals surface area contributed by atoms with Crippen LogP contribution in [0.1, 0.15) is 67.1 Å². The topological polar surface area (TPSA) is 76.9 Å². The number of nitrogens with one attached hydrogen (secondary N) is 1. The Kier molecular flexibility index (Phi) is 5.50. The van der Waals surface area contributed by atoms with Gasteiger partial charge in [0.15, 0.2) is 0 Å². The van der Waals surface area contributed by atoms with Gasteiger partial charge in [-0.25, -0.2) is 0 Å². The van der Waals surface area contributed by atoms with Crippen molar-refractivity contribution in [2.45, 2.75) is 64.8 Å². The van der Waals surface area contributed by atoms with Crippen LogP contribution in [0.5, 0.6) is 0 Å². The fourth-order valence-corrected chi connectivity index (χ4v) is 5.17. The molecule has 1 amide bonds. The van der Waals surface area contributed by atoms with Gasteiger partial charge >= 0.3 is 0 Å². The lowest BCUT2D eigenvalue weighted by atomic mass is 9.90. The largest absolute Gasteiger partial charge is 0.299 e. The Hall–Kier alpha value is -2.54. The average Bonchev–Trinajstić information content (AvgIpc) is 3.17. The summed E-state index contributed by atoms with van der Waals surface area (Å²) in [7, 11) is 0. The number of benzene rings is 1. The van der Waals surface area contributed by atoms with Crippen LogP contribution in [-0.2, 0) is 4.79 Å². The average molecular weight is 411 g/mol. The highest BCUT2D eigenvalue weighted by Crippen LogP contribution is 2.35. The number of aromatic nitrogens is 3. The van der Waals surface area contributed by atoms with E-state index in [0.29, 0.717) is 11.0 Å². The first kappa shape index (κ1) is 19.8. The number of nitrogens with zero attached hydrogens (tertiary/aromatic N) is 3. The molecule has 6 nitrogen and oxygen atoms in total. The minimum Gasteiger partial charge on any atom is -0.299 e. The van der Waals surface area contributed by atoms with Crippen molar-refractivity contribution in [2.24, 2.45) is 0 Å². The van der Waals surface area contributed by atoms with Crippen molar-refractivity contribution in [3.05, 3.63) is 50.8 Å². The number of para-hydroxylation sites is 1. The molecule has 2 heterocycles. The van der Waals surface area contributed by atoms with Crippen LogP contribution < -0.4 is 10.9 Å². The first-order chi connectivity index (χ1) is 14.0. The van der Waals surface area contributed by atoms with E-state index in [4.69, 9.17) is 0 Å². The number of anilines is 1. The Bertz CT molecular complexity index is 1110. The van der Waals surface area contributed by atoms with E-state index in [2.05, 4.69) is 15.5 Å². The van der Waals surface area contributed by atoms with Crippen LogP contribution in [0.25, 0.3) is 10.9 Å². The monoisotopic (exact) mass is 410 g/mol. The number of hydrogen-bond acceptors (Lipinski definition) is 5. The third kappa shape index (κ3) is 3.83. The van der Waals surface area contributed by atoms with Crippen molar-refractivity contribution in [3.63, 3.8) is 0 Å². The van der Waals surface area contributed by atoms with Crippen LogP contribution in [0.2, 0.25) is 0 Å². The molecule has 1 aliphatic rings. The Balaban J connectivity index is 1.61. The minimum absolute atomic E-state index is 0.174. The molecule has 1 saturated carbocycles.